The minimum Gasteiger partial charge on any atom is -0.497 e. The van der Waals surface area contributed by atoms with Crippen LogP contribution in [0.2, 0.25) is 0 Å². The Morgan fingerprint density at radius 3 is 2.30 bits per heavy atom. The van der Waals surface area contributed by atoms with Gasteiger partial charge in [-0.15, -0.1) is 0 Å². The summed E-state index contributed by atoms with van der Waals surface area (Å²) in [5, 5.41) is 0. The van der Waals surface area contributed by atoms with E-state index in [2.05, 4.69) is 0 Å². The molecule has 0 atom stereocenters. The first-order valence-corrected chi connectivity index (χ1v) is 7.30. The second-order valence-corrected chi connectivity index (χ2v) is 5.28. The van der Waals surface area contributed by atoms with E-state index in [1.807, 2.05) is 54.6 Å². The Bertz CT molecular complexity index is 860. The fraction of sp³-hybridized carbons (Fsp3) is 0.105. The average Bonchev–Trinajstić information content (AvgIpc) is 3.17. The zero-order chi connectivity index (χ0) is 15.8. The van der Waals surface area contributed by atoms with Gasteiger partial charge < -0.3 is 13.9 Å². The van der Waals surface area contributed by atoms with Crippen molar-refractivity contribution in [1.29, 1.82) is 0 Å². The van der Waals surface area contributed by atoms with Crippen LogP contribution in [0.1, 0.15) is 15.9 Å². The number of furan rings is 1. The van der Waals surface area contributed by atoms with E-state index in [-0.39, 0.29) is 12.6 Å². The summed E-state index contributed by atoms with van der Waals surface area (Å²) in [6.45, 7) is 0.248. The highest BCUT2D eigenvalue weighted by molar-refractivity contribution is 6.01. The molecule has 0 spiro atoms. The molecule has 0 bridgehead atoms. The van der Waals surface area contributed by atoms with Gasteiger partial charge in [-0.1, -0.05) is 30.3 Å². The molecular formula is C19H14O4. The van der Waals surface area contributed by atoms with E-state index in [0.717, 1.165) is 22.4 Å². The quantitative estimate of drug-likeness (QED) is 0.677. The van der Waals surface area contributed by atoms with Crippen molar-refractivity contribution < 1.29 is 18.7 Å². The Balaban J connectivity index is 1.89. The predicted molar refractivity (Wildman–Crippen MR) is 85.3 cm³/mol. The number of ether oxygens (including phenoxy) is 2. The van der Waals surface area contributed by atoms with E-state index in [1.165, 1.54) is 0 Å². The molecule has 0 unspecified atom stereocenters. The van der Waals surface area contributed by atoms with Crippen LogP contribution < -0.4 is 4.74 Å². The number of carbonyl (C=O) groups is 1. The molecule has 114 valence electrons. The number of benzene rings is 2. The molecule has 4 heteroatoms. The second kappa shape index (κ2) is 5.32. The molecule has 0 saturated carbocycles. The van der Waals surface area contributed by atoms with Gasteiger partial charge in [0.05, 0.1) is 12.7 Å². The summed E-state index contributed by atoms with van der Waals surface area (Å²) in [7, 11) is 1.62. The zero-order valence-electron chi connectivity index (χ0n) is 12.5. The third-order valence-corrected chi connectivity index (χ3v) is 3.95. The van der Waals surface area contributed by atoms with Crippen molar-refractivity contribution in [2.45, 2.75) is 6.61 Å². The van der Waals surface area contributed by atoms with Gasteiger partial charge in [0.2, 0.25) is 0 Å². The van der Waals surface area contributed by atoms with Gasteiger partial charge in [-0.05, 0) is 24.3 Å². The lowest BCUT2D eigenvalue weighted by atomic mass is 10.0. The van der Waals surface area contributed by atoms with Crippen LogP contribution in [0.3, 0.4) is 0 Å². The van der Waals surface area contributed by atoms with Crippen molar-refractivity contribution in [1.82, 2.24) is 0 Å². The third-order valence-electron chi connectivity index (χ3n) is 3.95. The van der Waals surface area contributed by atoms with Gasteiger partial charge in [0.15, 0.2) is 0 Å². The summed E-state index contributed by atoms with van der Waals surface area (Å²) >= 11 is 0. The summed E-state index contributed by atoms with van der Waals surface area (Å²) in [4.78, 5) is 12.1. The molecule has 0 radical (unpaired) electrons. The van der Waals surface area contributed by atoms with Crippen LogP contribution in [0.5, 0.6) is 5.75 Å². The molecule has 1 aliphatic rings. The molecule has 4 nitrogen and oxygen atoms in total. The number of carbonyl (C=O) groups excluding carboxylic acids is 1. The highest BCUT2D eigenvalue weighted by Gasteiger charge is 2.33. The Hall–Kier alpha value is -3.01. The molecule has 0 fully saturated rings. The lowest BCUT2D eigenvalue weighted by Crippen LogP contribution is -1.95. The summed E-state index contributed by atoms with van der Waals surface area (Å²) in [5.41, 5.74) is 3.09. The lowest BCUT2D eigenvalue weighted by Gasteiger charge is -2.03. The summed E-state index contributed by atoms with van der Waals surface area (Å²) in [6.07, 6.45) is 0. The molecule has 4 rings (SSSR count). The smallest absolute Gasteiger partial charge is 0.342 e. The molecule has 0 aliphatic carbocycles. The van der Waals surface area contributed by atoms with Gasteiger partial charge in [0.1, 0.15) is 29.4 Å². The Morgan fingerprint density at radius 2 is 1.61 bits per heavy atom. The molecular weight excluding hydrogens is 292 g/mol. The summed E-state index contributed by atoms with van der Waals surface area (Å²) in [6, 6.07) is 17.2. The molecule has 3 aromatic rings. The van der Waals surface area contributed by atoms with Gasteiger partial charge in [-0.2, -0.15) is 0 Å². The molecule has 1 aliphatic heterocycles. The van der Waals surface area contributed by atoms with Crippen LogP contribution in [0, 0.1) is 0 Å². The Kier molecular flexibility index (Phi) is 3.15. The van der Waals surface area contributed by atoms with Crippen molar-refractivity contribution >= 4 is 5.97 Å². The van der Waals surface area contributed by atoms with Gasteiger partial charge in [-0.3, -0.25) is 0 Å². The van der Waals surface area contributed by atoms with Crippen LogP contribution in [0.4, 0.5) is 0 Å². The van der Waals surface area contributed by atoms with Crippen molar-refractivity contribution in [3.05, 3.63) is 65.7 Å². The van der Waals surface area contributed by atoms with Crippen LogP contribution in [-0.4, -0.2) is 13.1 Å². The first-order valence-electron chi connectivity index (χ1n) is 7.30. The monoisotopic (exact) mass is 306 g/mol. The molecule has 2 aromatic carbocycles. The molecule has 23 heavy (non-hydrogen) atoms. The Morgan fingerprint density at radius 1 is 0.913 bits per heavy atom. The first-order chi connectivity index (χ1) is 11.3. The highest BCUT2D eigenvalue weighted by Crippen LogP contribution is 2.41. The van der Waals surface area contributed by atoms with Crippen LogP contribution in [-0.2, 0) is 11.3 Å². The molecule has 0 saturated heterocycles. The number of methoxy groups -OCH3 is 1. The maximum atomic E-state index is 12.1. The molecule has 0 N–H and O–H groups in total. The third kappa shape index (κ3) is 2.19. The Labute approximate surface area is 133 Å². The van der Waals surface area contributed by atoms with Gasteiger partial charge in [-0.25, -0.2) is 4.79 Å². The van der Waals surface area contributed by atoms with E-state index in [0.29, 0.717) is 17.1 Å². The molecule has 0 amide bonds. The maximum absolute atomic E-state index is 12.1. The fourth-order valence-corrected chi connectivity index (χ4v) is 2.80. The van der Waals surface area contributed by atoms with Gasteiger partial charge >= 0.3 is 5.97 Å². The largest absolute Gasteiger partial charge is 0.497 e. The summed E-state index contributed by atoms with van der Waals surface area (Å²) < 4.78 is 16.4. The van der Waals surface area contributed by atoms with E-state index >= 15 is 0 Å². The SMILES string of the molecule is COc1ccc(-c2oc(-c3ccccc3)c3c2C(=O)OC3)cc1. The van der Waals surface area contributed by atoms with Crippen molar-refractivity contribution in [2.24, 2.45) is 0 Å². The van der Waals surface area contributed by atoms with Gasteiger partial charge in [0, 0.05) is 11.1 Å². The molecule has 2 heterocycles. The minimum atomic E-state index is -0.336. The topological polar surface area (TPSA) is 48.7 Å². The normalized spacial score (nSPS) is 12.8. The zero-order valence-corrected chi connectivity index (χ0v) is 12.5. The number of cyclic esters (lactones) is 1. The van der Waals surface area contributed by atoms with E-state index < -0.39 is 0 Å². The van der Waals surface area contributed by atoms with Crippen molar-refractivity contribution in [3.8, 4) is 28.4 Å². The van der Waals surface area contributed by atoms with Crippen LogP contribution in [0.25, 0.3) is 22.6 Å². The van der Waals surface area contributed by atoms with Crippen LogP contribution in [0.15, 0.2) is 59.0 Å². The first kappa shape index (κ1) is 13.6. The lowest BCUT2D eigenvalue weighted by molar-refractivity contribution is 0.0532. The maximum Gasteiger partial charge on any atom is 0.342 e. The number of rotatable bonds is 3. The second-order valence-electron chi connectivity index (χ2n) is 5.28. The standard InChI is InChI=1S/C19H14O4/c1-21-14-9-7-13(8-10-14)18-16-15(11-22-19(16)20)17(23-18)12-5-3-2-4-6-12/h2-10H,11H2,1H3. The van der Waals surface area contributed by atoms with Gasteiger partial charge in [0.25, 0.3) is 0 Å². The summed E-state index contributed by atoms with van der Waals surface area (Å²) in [5.74, 6) is 1.65. The van der Waals surface area contributed by atoms with E-state index in [9.17, 15) is 4.79 Å². The number of hydrogen-bond donors (Lipinski definition) is 0. The predicted octanol–water partition coefficient (Wildman–Crippen LogP) is 4.29. The number of hydrogen-bond acceptors (Lipinski definition) is 4. The van der Waals surface area contributed by atoms with Crippen molar-refractivity contribution in [3.63, 3.8) is 0 Å². The van der Waals surface area contributed by atoms with E-state index in [1.54, 1.807) is 7.11 Å². The van der Waals surface area contributed by atoms with E-state index in [4.69, 9.17) is 13.9 Å². The van der Waals surface area contributed by atoms with Crippen LogP contribution >= 0.6 is 0 Å². The number of fused-ring (bicyclic) bond motifs is 1. The fourth-order valence-electron chi connectivity index (χ4n) is 2.80. The average molecular weight is 306 g/mol. The number of esters is 1. The highest BCUT2D eigenvalue weighted by atomic mass is 16.5. The minimum absolute atomic E-state index is 0.248. The van der Waals surface area contributed by atoms with Crippen molar-refractivity contribution in [2.75, 3.05) is 7.11 Å². The molecule has 1 aromatic heterocycles.